The van der Waals surface area contributed by atoms with Gasteiger partial charge >= 0.3 is 0 Å². The molecule has 1 N–H and O–H groups in total. The fraction of sp³-hybridized carbons (Fsp3) is 0.278. The van der Waals surface area contributed by atoms with E-state index in [0.29, 0.717) is 22.9 Å². The van der Waals surface area contributed by atoms with Crippen molar-refractivity contribution in [3.05, 3.63) is 57.0 Å². The number of nitrogens with one attached hydrogen (secondary N) is 1. The van der Waals surface area contributed by atoms with Crippen LogP contribution in [0.15, 0.2) is 40.9 Å². The lowest BCUT2D eigenvalue weighted by molar-refractivity contribution is 0.102. The first kappa shape index (κ1) is 17.8. The highest BCUT2D eigenvalue weighted by Gasteiger charge is 2.10. The van der Waals surface area contributed by atoms with Gasteiger partial charge in [-0.25, -0.2) is 0 Å². The molecule has 0 radical (unpaired) electrons. The van der Waals surface area contributed by atoms with Crippen molar-refractivity contribution in [2.75, 3.05) is 11.9 Å². The molecule has 5 heteroatoms. The molecule has 0 aliphatic carbocycles. The number of benzene rings is 2. The van der Waals surface area contributed by atoms with Gasteiger partial charge in [-0.15, -0.1) is 0 Å². The van der Waals surface area contributed by atoms with Crippen LogP contribution in [-0.2, 0) is 0 Å². The number of unbranched alkanes of at least 4 members (excludes halogenated alkanes) is 1. The van der Waals surface area contributed by atoms with E-state index in [1.807, 2.05) is 19.1 Å². The summed E-state index contributed by atoms with van der Waals surface area (Å²) < 4.78 is 6.43. The first-order valence-corrected chi connectivity index (χ1v) is 8.68. The van der Waals surface area contributed by atoms with Gasteiger partial charge in [-0.3, -0.25) is 4.79 Å². The molecular weight excluding hydrogens is 378 g/mol. The summed E-state index contributed by atoms with van der Waals surface area (Å²) in [6.07, 6.45) is 2.08. The lowest BCUT2D eigenvalue weighted by Gasteiger charge is -2.10. The first-order chi connectivity index (χ1) is 11.0. The second-order valence-electron chi connectivity index (χ2n) is 5.27. The van der Waals surface area contributed by atoms with Gasteiger partial charge in [0.1, 0.15) is 5.75 Å². The molecule has 2 aromatic rings. The summed E-state index contributed by atoms with van der Waals surface area (Å²) in [5.74, 6) is 0.555. The van der Waals surface area contributed by atoms with Gasteiger partial charge in [-0.05, 0) is 65.2 Å². The minimum atomic E-state index is -0.189. The fourth-order valence-corrected chi connectivity index (χ4v) is 2.63. The standard InChI is InChI=1S/C18H19BrClNO2/c1-3-4-9-23-17-8-6-13(10-15(17)19)18(22)21-14-7-5-12(2)16(20)11-14/h5-8,10-11H,3-4,9H2,1-2H3,(H,21,22). The van der Waals surface area contributed by atoms with E-state index in [0.717, 1.165) is 28.6 Å². The summed E-state index contributed by atoms with van der Waals surface area (Å²) in [6, 6.07) is 10.8. The van der Waals surface area contributed by atoms with Crippen LogP contribution in [0.2, 0.25) is 5.02 Å². The van der Waals surface area contributed by atoms with Gasteiger partial charge in [0.2, 0.25) is 0 Å². The maximum Gasteiger partial charge on any atom is 0.255 e. The Labute approximate surface area is 150 Å². The molecule has 23 heavy (non-hydrogen) atoms. The summed E-state index contributed by atoms with van der Waals surface area (Å²) in [4.78, 5) is 12.3. The van der Waals surface area contributed by atoms with E-state index in [4.69, 9.17) is 16.3 Å². The highest BCUT2D eigenvalue weighted by molar-refractivity contribution is 9.10. The maximum absolute atomic E-state index is 12.3. The van der Waals surface area contributed by atoms with E-state index in [1.165, 1.54) is 0 Å². The number of anilines is 1. The number of carbonyl (C=O) groups excluding carboxylic acids is 1. The van der Waals surface area contributed by atoms with Crippen molar-refractivity contribution in [3.8, 4) is 5.75 Å². The normalized spacial score (nSPS) is 10.4. The number of halogens is 2. The SMILES string of the molecule is CCCCOc1ccc(C(=O)Nc2ccc(C)c(Cl)c2)cc1Br. The number of hydrogen-bond acceptors (Lipinski definition) is 2. The molecule has 0 saturated carbocycles. The van der Waals surface area contributed by atoms with Crippen LogP contribution >= 0.6 is 27.5 Å². The predicted molar refractivity (Wildman–Crippen MR) is 98.7 cm³/mol. The van der Waals surface area contributed by atoms with Crippen LogP contribution in [0, 0.1) is 6.92 Å². The number of hydrogen-bond donors (Lipinski definition) is 1. The Morgan fingerprint density at radius 3 is 2.70 bits per heavy atom. The fourth-order valence-electron chi connectivity index (χ4n) is 1.96. The Hall–Kier alpha value is -1.52. The van der Waals surface area contributed by atoms with Gasteiger partial charge in [0, 0.05) is 16.3 Å². The molecule has 0 bridgehead atoms. The Morgan fingerprint density at radius 1 is 1.26 bits per heavy atom. The zero-order chi connectivity index (χ0) is 16.8. The number of ether oxygens (including phenoxy) is 1. The molecule has 0 unspecified atom stereocenters. The molecule has 2 rings (SSSR count). The van der Waals surface area contributed by atoms with E-state index in [1.54, 1.807) is 24.3 Å². The average Bonchev–Trinajstić information content (AvgIpc) is 2.52. The summed E-state index contributed by atoms with van der Waals surface area (Å²) in [6.45, 7) is 4.70. The van der Waals surface area contributed by atoms with Crippen molar-refractivity contribution in [2.24, 2.45) is 0 Å². The predicted octanol–water partition coefficient (Wildman–Crippen LogP) is 5.84. The van der Waals surface area contributed by atoms with Crippen molar-refractivity contribution in [1.29, 1.82) is 0 Å². The first-order valence-electron chi connectivity index (χ1n) is 7.51. The summed E-state index contributed by atoms with van der Waals surface area (Å²) >= 11 is 9.52. The number of carbonyl (C=O) groups is 1. The number of rotatable bonds is 6. The Bertz CT molecular complexity index is 703. The summed E-state index contributed by atoms with van der Waals surface area (Å²) in [7, 11) is 0. The molecule has 0 aromatic heterocycles. The Balaban J connectivity index is 2.07. The smallest absolute Gasteiger partial charge is 0.255 e. The van der Waals surface area contributed by atoms with Gasteiger partial charge in [-0.2, -0.15) is 0 Å². The number of amides is 1. The van der Waals surface area contributed by atoms with Gasteiger partial charge < -0.3 is 10.1 Å². The van der Waals surface area contributed by atoms with Gasteiger partial charge in [0.05, 0.1) is 11.1 Å². The quantitative estimate of drug-likeness (QED) is 0.623. The van der Waals surface area contributed by atoms with Crippen molar-refractivity contribution in [2.45, 2.75) is 26.7 Å². The molecule has 0 spiro atoms. The van der Waals surface area contributed by atoms with Gasteiger partial charge in [-0.1, -0.05) is 31.0 Å². The molecule has 0 aliphatic heterocycles. The van der Waals surface area contributed by atoms with Crippen molar-refractivity contribution < 1.29 is 9.53 Å². The highest BCUT2D eigenvalue weighted by atomic mass is 79.9. The second kappa shape index (κ2) is 8.37. The van der Waals surface area contributed by atoms with E-state index < -0.39 is 0 Å². The molecular formula is C18H19BrClNO2. The van der Waals surface area contributed by atoms with Crippen LogP contribution in [0.4, 0.5) is 5.69 Å². The minimum Gasteiger partial charge on any atom is -0.492 e. The Kier molecular flexibility index (Phi) is 6.48. The second-order valence-corrected chi connectivity index (χ2v) is 6.53. The Morgan fingerprint density at radius 2 is 2.04 bits per heavy atom. The zero-order valence-corrected chi connectivity index (χ0v) is 15.5. The molecule has 0 saturated heterocycles. The zero-order valence-electron chi connectivity index (χ0n) is 13.2. The van der Waals surface area contributed by atoms with Crippen LogP contribution in [0.3, 0.4) is 0 Å². The highest BCUT2D eigenvalue weighted by Crippen LogP contribution is 2.27. The van der Waals surface area contributed by atoms with Crippen LogP contribution in [0.1, 0.15) is 35.7 Å². The van der Waals surface area contributed by atoms with Gasteiger partial charge in [0.15, 0.2) is 0 Å². The molecule has 2 aromatic carbocycles. The molecule has 3 nitrogen and oxygen atoms in total. The van der Waals surface area contributed by atoms with Crippen LogP contribution < -0.4 is 10.1 Å². The van der Waals surface area contributed by atoms with E-state index in [9.17, 15) is 4.79 Å². The third-order valence-electron chi connectivity index (χ3n) is 3.38. The molecule has 122 valence electrons. The average molecular weight is 397 g/mol. The topological polar surface area (TPSA) is 38.3 Å². The third-order valence-corrected chi connectivity index (χ3v) is 4.41. The summed E-state index contributed by atoms with van der Waals surface area (Å²) in [5.41, 5.74) is 2.20. The molecule has 1 amide bonds. The molecule has 0 aliphatic rings. The summed E-state index contributed by atoms with van der Waals surface area (Å²) in [5, 5.41) is 3.47. The van der Waals surface area contributed by atoms with Crippen LogP contribution in [-0.4, -0.2) is 12.5 Å². The molecule has 0 atom stereocenters. The van der Waals surface area contributed by atoms with E-state index in [2.05, 4.69) is 28.2 Å². The molecule has 0 heterocycles. The van der Waals surface area contributed by atoms with E-state index in [-0.39, 0.29) is 5.91 Å². The minimum absolute atomic E-state index is 0.189. The lowest BCUT2D eigenvalue weighted by Crippen LogP contribution is -2.12. The van der Waals surface area contributed by atoms with Crippen molar-refractivity contribution in [3.63, 3.8) is 0 Å². The monoisotopic (exact) mass is 395 g/mol. The van der Waals surface area contributed by atoms with Crippen LogP contribution in [0.5, 0.6) is 5.75 Å². The maximum atomic E-state index is 12.3. The number of aryl methyl sites for hydroxylation is 1. The van der Waals surface area contributed by atoms with E-state index >= 15 is 0 Å². The lowest BCUT2D eigenvalue weighted by atomic mass is 10.2. The largest absolute Gasteiger partial charge is 0.492 e. The van der Waals surface area contributed by atoms with Crippen LogP contribution in [0.25, 0.3) is 0 Å². The van der Waals surface area contributed by atoms with Crippen molar-refractivity contribution >= 4 is 39.1 Å². The van der Waals surface area contributed by atoms with Gasteiger partial charge in [0.25, 0.3) is 5.91 Å². The van der Waals surface area contributed by atoms with Crippen molar-refractivity contribution in [1.82, 2.24) is 0 Å². The third kappa shape index (κ3) is 4.98. The molecule has 0 fully saturated rings.